The van der Waals surface area contributed by atoms with Crippen molar-refractivity contribution in [1.82, 2.24) is 5.32 Å². The third-order valence-corrected chi connectivity index (χ3v) is 5.06. The Bertz CT molecular complexity index is 224. The third-order valence-electron chi connectivity index (χ3n) is 5.06. The first-order valence-electron chi connectivity index (χ1n) is 7.83. The van der Waals surface area contributed by atoms with Gasteiger partial charge < -0.3 is 5.32 Å². The van der Waals surface area contributed by atoms with E-state index in [1.807, 2.05) is 0 Å². The minimum Gasteiger partial charge on any atom is -0.316 e. The predicted molar refractivity (Wildman–Crippen MR) is 75.2 cm³/mol. The normalized spacial score (nSPS) is 25.4. The van der Waals surface area contributed by atoms with Gasteiger partial charge in [-0.15, -0.1) is 0 Å². The fraction of sp³-hybridized carbons (Fsp3) is 1.00. The molecular weight excluding hydrogens is 206 g/mol. The molecule has 1 unspecified atom stereocenters. The number of nitrogens with one attached hydrogen (secondary N) is 1. The topological polar surface area (TPSA) is 12.0 Å². The lowest BCUT2D eigenvalue weighted by Gasteiger charge is -2.39. The fourth-order valence-electron chi connectivity index (χ4n) is 4.15. The highest BCUT2D eigenvalue weighted by Gasteiger charge is 2.41. The molecule has 0 aliphatic heterocycles. The second-order valence-electron chi connectivity index (χ2n) is 7.03. The molecule has 100 valence electrons. The van der Waals surface area contributed by atoms with Crippen LogP contribution in [-0.4, -0.2) is 13.1 Å². The first-order valence-corrected chi connectivity index (χ1v) is 7.83. The average Bonchev–Trinajstić information content (AvgIpc) is 2.99. The van der Waals surface area contributed by atoms with Gasteiger partial charge in [0, 0.05) is 6.04 Å². The van der Waals surface area contributed by atoms with Crippen LogP contribution in [0.5, 0.6) is 0 Å². The van der Waals surface area contributed by atoms with Gasteiger partial charge in [-0.2, -0.15) is 0 Å². The molecular formula is C16H31N. The first-order chi connectivity index (χ1) is 8.16. The highest BCUT2D eigenvalue weighted by molar-refractivity contribution is 4.95. The molecule has 1 atom stereocenters. The fourth-order valence-corrected chi connectivity index (χ4v) is 4.15. The summed E-state index contributed by atoms with van der Waals surface area (Å²) in [7, 11) is 2.19. The maximum atomic E-state index is 3.67. The first kappa shape index (κ1) is 13.4. The molecule has 1 heteroatoms. The largest absolute Gasteiger partial charge is 0.316 e. The van der Waals surface area contributed by atoms with Crippen LogP contribution in [0.3, 0.4) is 0 Å². The molecule has 0 saturated heterocycles. The lowest BCUT2D eigenvalue weighted by atomic mass is 9.71. The van der Waals surface area contributed by atoms with E-state index in [0.717, 1.165) is 17.9 Å². The molecule has 0 spiro atoms. The maximum Gasteiger partial charge on any atom is 0.0121 e. The van der Waals surface area contributed by atoms with E-state index in [9.17, 15) is 0 Å². The van der Waals surface area contributed by atoms with E-state index in [0.29, 0.717) is 5.41 Å². The van der Waals surface area contributed by atoms with Crippen molar-refractivity contribution in [1.29, 1.82) is 0 Å². The van der Waals surface area contributed by atoms with Crippen LogP contribution in [0.15, 0.2) is 0 Å². The van der Waals surface area contributed by atoms with E-state index in [1.165, 1.54) is 57.8 Å². The van der Waals surface area contributed by atoms with Crippen LogP contribution in [0, 0.1) is 17.3 Å². The summed E-state index contributed by atoms with van der Waals surface area (Å²) in [6, 6.07) is 0.785. The minimum atomic E-state index is 0.637. The average molecular weight is 237 g/mol. The zero-order chi connectivity index (χ0) is 12.3. The van der Waals surface area contributed by atoms with Crippen molar-refractivity contribution in [3.8, 4) is 0 Å². The molecule has 2 aliphatic rings. The Balaban J connectivity index is 1.94. The van der Waals surface area contributed by atoms with E-state index in [4.69, 9.17) is 0 Å². The Kier molecular flexibility index (Phi) is 4.52. The van der Waals surface area contributed by atoms with Crippen LogP contribution in [0.2, 0.25) is 0 Å². The van der Waals surface area contributed by atoms with Gasteiger partial charge in [0.1, 0.15) is 0 Å². The molecule has 1 nitrogen and oxygen atoms in total. The van der Waals surface area contributed by atoms with Gasteiger partial charge in [-0.1, -0.05) is 39.5 Å². The molecule has 2 rings (SSSR count). The molecule has 0 amide bonds. The van der Waals surface area contributed by atoms with Gasteiger partial charge in [0.15, 0.2) is 0 Å². The Morgan fingerprint density at radius 3 is 2.29 bits per heavy atom. The summed E-state index contributed by atoms with van der Waals surface area (Å²) in [5.74, 6) is 1.94. The Labute approximate surface area is 108 Å². The molecule has 0 radical (unpaired) electrons. The molecule has 2 aliphatic carbocycles. The molecule has 0 aromatic heterocycles. The van der Waals surface area contributed by atoms with Gasteiger partial charge >= 0.3 is 0 Å². The second kappa shape index (κ2) is 5.73. The zero-order valence-electron chi connectivity index (χ0n) is 12.1. The Morgan fingerprint density at radius 2 is 1.82 bits per heavy atom. The predicted octanol–water partition coefficient (Wildman–Crippen LogP) is 4.37. The molecule has 2 saturated carbocycles. The number of rotatable bonds is 7. The van der Waals surface area contributed by atoms with Crippen molar-refractivity contribution in [2.24, 2.45) is 17.3 Å². The summed E-state index contributed by atoms with van der Waals surface area (Å²) in [5.41, 5.74) is 0.637. The van der Waals surface area contributed by atoms with Crippen molar-refractivity contribution in [3.05, 3.63) is 0 Å². The van der Waals surface area contributed by atoms with Crippen molar-refractivity contribution in [2.45, 2.75) is 77.7 Å². The monoisotopic (exact) mass is 237 g/mol. The van der Waals surface area contributed by atoms with Crippen LogP contribution in [0.1, 0.15) is 71.6 Å². The molecule has 17 heavy (non-hydrogen) atoms. The third kappa shape index (κ3) is 3.47. The minimum absolute atomic E-state index is 0.637. The summed E-state index contributed by atoms with van der Waals surface area (Å²) in [6.07, 6.45) is 13.2. The Morgan fingerprint density at radius 1 is 1.18 bits per heavy atom. The van der Waals surface area contributed by atoms with E-state index < -0.39 is 0 Å². The van der Waals surface area contributed by atoms with E-state index >= 15 is 0 Å². The Hall–Kier alpha value is -0.0400. The standard InChI is InChI=1S/C16H31N/c1-13(2)12-16(10-4-5-11-16)15(17-3)9-8-14-6-7-14/h13-15,17H,4-12H2,1-3H3. The summed E-state index contributed by atoms with van der Waals surface area (Å²) in [6.45, 7) is 4.79. The van der Waals surface area contributed by atoms with E-state index in [-0.39, 0.29) is 0 Å². The highest BCUT2D eigenvalue weighted by atomic mass is 14.9. The van der Waals surface area contributed by atoms with Crippen LogP contribution in [0.25, 0.3) is 0 Å². The SMILES string of the molecule is CNC(CCC1CC1)C1(CC(C)C)CCCC1. The van der Waals surface area contributed by atoms with Crippen molar-refractivity contribution < 1.29 is 0 Å². The smallest absolute Gasteiger partial charge is 0.0121 e. The molecule has 2 fully saturated rings. The maximum absolute atomic E-state index is 3.67. The summed E-state index contributed by atoms with van der Waals surface area (Å²) < 4.78 is 0. The van der Waals surface area contributed by atoms with Crippen LogP contribution < -0.4 is 5.32 Å². The van der Waals surface area contributed by atoms with Gasteiger partial charge in [-0.3, -0.25) is 0 Å². The van der Waals surface area contributed by atoms with Crippen molar-refractivity contribution in [3.63, 3.8) is 0 Å². The van der Waals surface area contributed by atoms with E-state index in [1.54, 1.807) is 0 Å². The van der Waals surface area contributed by atoms with Gasteiger partial charge in [0.2, 0.25) is 0 Å². The summed E-state index contributed by atoms with van der Waals surface area (Å²) in [4.78, 5) is 0. The van der Waals surface area contributed by atoms with Gasteiger partial charge in [0.25, 0.3) is 0 Å². The lowest BCUT2D eigenvalue weighted by molar-refractivity contribution is 0.150. The van der Waals surface area contributed by atoms with Gasteiger partial charge in [-0.05, 0) is 56.4 Å². The van der Waals surface area contributed by atoms with Crippen molar-refractivity contribution in [2.75, 3.05) is 7.05 Å². The quantitative estimate of drug-likeness (QED) is 0.693. The number of hydrogen-bond donors (Lipinski definition) is 1. The molecule has 0 aromatic carbocycles. The molecule has 0 bridgehead atoms. The lowest BCUT2D eigenvalue weighted by Crippen LogP contribution is -2.43. The van der Waals surface area contributed by atoms with Crippen LogP contribution >= 0.6 is 0 Å². The zero-order valence-corrected chi connectivity index (χ0v) is 12.1. The second-order valence-corrected chi connectivity index (χ2v) is 7.03. The van der Waals surface area contributed by atoms with Crippen molar-refractivity contribution >= 4 is 0 Å². The van der Waals surface area contributed by atoms with Gasteiger partial charge in [0.05, 0.1) is 0 Å². The molecule has 1 N–H and O–H groups in total. The van der Waals surface area contributed by atoms with Gasteiger partial charge in [-0.25, -0.2) is 0 Å². The number of hydrogen-bond acceptors (Lipinski definition) is 1. The van der Waals surface area contributed by atoms with E-state index in [2.05, 4.69) is 26.2 Å². The van der Waals surface area contributed by atoms with Crippen LogP contribution in [0.4, 0.5) is 0 Å². The highest BCUT2D eigenvalue weighted by Crippen LogP contribution is 2.48. The summed E-state index contributed by atoms with van der Waals surface area (Å²) in [5, 5.41) is 3.67. The molecule has 0 aromatic rings. The van der Waals surface area contributed by atoms with Crippen LogP contribution in [-0.2, 0) is 0 Å². The molecule has 0 heterocycles. The summed E-state index contributed by atoms with van der Waals surface area (Å²) >= 11 is 0.